The number of sulfone groups is 1. The molecule has 0 spiro atoms. The molecule has 7 heteroatoms. The van der Waals surface area contributed by atoms with E-state index in [1.165, 1.54) is 12.1 Å². The van der Waals surface area contributed by atoms with Crippen molar-refractivity contribution >= 4 is 27.4 Å². The second-order valence-corrected chi connectivity index (χ2v) is 8.06. The molecular formula is C19H21NO5S. The number of carbonyl (C=O) groups excluding carboxylic acids is 2. The first kappa shape index (κ1) is 19.7. The van der Waals surface area contributed by atoms with Crippen LogP contribution in [0.25, 0.3) is 0 Å². The van der Waals surface area contributed by atoms with Gasteiger partial charge in [-0.25, -0.2) is 8.42 Å². The minimum absolute atomic E-state index is 0.00908. The van der Waals surface area contributed by atoms with Crippen LogP contribution >= 0.6 is 0 Å². The molecule has 138 valence electrons. The van der Waals surface area contributed by atoms with Crippen LogP contribution in [0.1, 0.15) is 16.7 Å². The first-order valence-electron chi connectivity index (χ1n) is 7.97. The van der Waals surface area contributed by atoms with Gasteiger partial charge in [0, 0.05) is 6.26 Å². The fourth-order valence-electron chi connectivity index (χ4n) is 2.36. The predicted octanol–water partition coefficient (Wildman–Crippen LogP) is 2.43. The third kappa shape index (κ3) is 5.42. The summed E-state index contributed by atoms with van der Waals surface area (Å²) in [5.41, 5.74) is 3.17. The van der Waals surface area contributed by atoms with Gasteiger partial charge in [0.05, 0.1) is 17.0 Å². The number of benzene rings is 2. The van der Waals surface area contributed by atoms with Gasteiger partial charge < -0.3 is 10.1 Å². The van der Waals surface area contributed by atoms with Crippen LogP contribution in [0.5, 0.6) is 0 Å². The SMILES string of the molecule is Cc1ccc(CC(=O)OCC(=O)Nc2ccccc2S(C)(=O)=O)cc1C. The zero-order valence-corrected chi connectivity index (χ0v) is 15.7. The van der Waals surface area contributed by atoms with E-state index in [9.17, 15) is 18.0 Å². The van der Waals surface area contributed by atoms with Crippen molar-refractivity contribution in [3.8, 4) is 0 Å². The van der Waals surface area contributed by atoms with E-state index in [0.717, 1.165) is 22.9 Å². The largest absolute Gasteiger partial charge is 0.455 e. The average Bonchev–Trinajstić information content (AvgIpc) is 2.56. The highest BCUT2D eigenvalue weighted by atomic mass is 32.2. The van der Waals surface area contributed by atoms with E-state index in [0.29, 0.717) is 0 Å². The van der Waals surface area contributed by atoms with Crippen molar-refractivity contribution in [3.63, 3.8) is 0 Å². The van der Waals surface area contributed by atoms with Crippen molar-refractivity contribution in [2.75, 3.05) is 18.2 Å². The Morgan fingerprint density at radius 3 is 2.38 bits per heavy atom. The molecule has 0 fully saturated rings. The van der Waals surface area contributed by atoms with Crippen LogP contribution in [0.2, 0.25) is 0 Å². The minimum Gasteiger partial charge on any atom is -0.455 e. The molecule has 2 rings (SSSR count). The van der Waals surface area contributed by atoms with Gasteiger partial charge in [-0.3, -0.25) is 9.59 Å². The summed E-state index contributed by atoms with van der Waals surface area (Å²) in [6.07, 6.45) is 1.12. The molecule has 0 aliphatic rings. The van der Waals surface area contributed by atoms with Crippen molar-refractivity contribution in [1.29, 1.82) is 0 Å². The van der Waals surface area contributed by atoms with Crippen LogP contribution in [0.15, 0.2) is 47.4 Å². The normalized spacial score (nSPS) is 11.0. The quantitative estimate of drug-likeness (QED) is 0.783. The third-order valence-corrected chi connectivity index (χ3v) is 5.00. The Bertz CT molecular complexity index is 935. The Morgan fingerprint density at radius 1 is 1.04 bits per heavy atom. The Hall–Kier alpha value is -2.67. The van der Waals surface area contributed by atoms with E-state index in [1.54, 1.807) is 12.1 Å². The number of anilines is 1. The molecule has 0 radical (unpaired) electrons. The van der Waals surface area contributed by atoms with Gasteiger partial charge in [0.1, 0.15) is 0 Å². The predicted molar refractivity (Wildman–Crippen MR) is 98.8 cm³/mol. The molecule has 0 unspecified atom stereocenters. The number of esters is 1. The number of hydrogen-bond acceptors (Lipinski definition) is 5. The van der Waals surface area contributed by atoms with Crippen LogP contribution in [0.3, 0.4) is 0 Å². The average molecular weight is 375 g/mol. The highest BCUT2D eigenvalue weighted by molar-refractivity contribution is 7.90. The maximum absolute atomic E-state index is 12.0. The second-order valence-electron chi connectivity index (χ2n) is 6.07. The first-order chi connectivity index (χ1) is 12.2. The van der Waals surface area contributed by atoms with Crippen LogP contribution in [-0.2, 0) is 30.6 Å². The molecule has 0 saturated carbocycles. The number of para-hydroxylation sites is 1. The highest BCUT2D eigenvalue weighted by Crippen LogP contribution is 2.20. The number of aryl methyl sites for hydroxylation is 2. The summed E-state index contributed by atoms with van der Waals surface area (Å²) in [4.78, 5) is 23.9. The fraction of sp³-hybridized carbons (Fsp3) is 0.263. The minimum atomic E-state index is -3.48. The van der Waals surface area contributed by atoms with Crippen LogP contribution in [0, 0.1) is 13.8 Å². The summed E-state index contributed by atoms with van der Waals surface area (Å²) in [6, 6.07) is 11.7. The Kier molecular flexibility index (Phi) is 6.15. The molecule has 6 nitrogen and oxygen atoms in total. The lowest BCUT2D eigenvalue weighted by molar-refractivity contribution is -0.146. The number of hydrogen-bond donors (Lipinski definition) is 1. The first-order valence-corrected chi connectivity index (χ1v) is 9.86. The van der Waals surface area contributed by atoms with E-state index >= 15 is 0 Å². The third-order valence-electron chi connectivity index (χ3n) is 3.84. The van der Waals surface area contributed by atoms with Crippen molar-refractivity contribution in [1.82, 2.24) is 0 Å². The molecular weight excluding hydrogens is 354 g/mol. The Balaban J connectivity index is 1.93. The molecule has 1 N–H and O–H groups in total. The molecule has 2 aromatic carbocycles. The number of ether oxygens (including phenoxy) is 1. The summed E-state index contributed by atoms with van der Waals surface area (Å²) >= 11 is 0. The molecule has 0 heterocycles. The van der Waals surface area contributed by atoms with Crippen LogP contribution < -0.4 is 5.32 Å². The number of rotatable bonds is 6. The van der Waals surface area contributed by atoms with E-state index in [2.05, 4.69) is 5.32 Å². The maximum atomic E-state index is 12.0. The zero-order chi connectivity index (χ0) is 19.3. The Labute approximate surface area is 153 Å². The van der Waals surface area contributed by atoms with Gasteiger partial charge in [0.15, 0.2) is 16.4 Å². The summed E-state index contributed by atoms with van der Waals surface area (Å²) in [5.74, 6) is -1.13. The molecule has 0 bridgehead atoms. The van der Waals surface area contributed by atoms with Gasteiger partial charge in [-0.05, 0) is 42.7 Å². The summed E-state index contributed by atoms with van der Waals surface area (Å²) in [6.45, 7) is 3.45. The maximum Gasteiger partial charge on any atom is 0.310 e. The molecule has 1 amide bonds. The second kappa shape index (κ2) is 8.14. The number of carbonyl (C=O) groups is 2. The Morgan fingerprint density at radius 2 is 1.73 bits per heavy atom. The van der Waals surface area contributed by atoms with Crippen LogP contribution in [0.4, 0.5) is 5.69 Å². The van der Waals surface area contributed by atoms with Gasteiger partial charge >= 0.3 is 5.97 Å². The fourth-order valence-corrected chi connectivity index (χ4v) is 3.20. The van der Waals surface area contributed by atoms with E-state index in [4.69, 9.17) is 4.74 Å². The standard InChI is InChI=1S/C19H21NO5S/c1-13-8-9-15(10-14(13)2)11-19(22)25-12-18(21)20-16-6-4-5-7-17(16)26(3,23)24/h4-10H,11-12H2,1-3H3,(H,20,21). The molecule has 0 aliphatic carbocycles. The number of amides is 1. The summed E-state index contributed by atoms with van der Waals surface area (Å²) < 4.78 is 28.4. The lowest BCUT2D eigenvalue weighted by atomic mass is 10.0. The topological polar surface area (TPSA) is 89.5 Å². The van der Waals surface area contributed by atoms with Gasteiger partial charge in [-0.1, -0.05) is 30.3 Å². The lowest BCUT2D eigenvalue weighted by Gasteiger charge is -2.10. The van der Waals surface area contributed by atoms with Gasteiger partial charge in [0.25, 0.3) is 5.91 Å². The van der Waals surface area contributed by atoms with Crippen molar-refractivity contribution in [3.05, 3.63) is 59.2 Å². The van der Waals surface area contributed by atoms with Crippen molar-refractivity contribution in [2.24, 2.45) is 0 Å². The zero-order valence-electron chi connectivity index (χ0n) is 14.9. The van der Waals surface area contributed by atoms with E-state index < -0.39 is 28.3 Å². The smallest absolute Gasteiger partial charge is 0.310 e. The molecule has 2 aromatic rings. The van der Waals surface area contributed by atoms with Gasteiger partial charge in [0.2, 0.25) is 0 Å². The van der Waals surface area contributed by atoms with Crippen LogP contribution in [-0.4, -0.2) is 33.2 Å². The monoisotopic (exact) mass is 375 g/mol. The lowest BCUT2D eigenvalue weighted by Crippen LogP contribution is -2.22. The van der Waals surface area contributed by atoms with Gasteiger partial charge in [-0.15, -0.1) is 0 Å². The summed E-state index contributed by atoms with van der Waals surface area (Å²) in [5, 5.41) is 2.46. The van der Waals surface area contributed by atoms with Gasteiger partial charge in [-0.2, -0.15) is 0 Å². The highest BCUT2D eigenvalue weighted by Gasteiger charge is 2.15. The van der Waals surface area contributed by atoms with Crippen molar-refractivity contribution in [2.45, 2.75) is 25.2 Å². The molecule has 0 saturated heterocycles. The molecule has 26 heavy (non-hydrogen) atoms. The van der Waals surface area contributed by atoms with Crippen molar-refractivity contribution < 1.29 is 22.7 Å². The molecule has 0 aliphatic heterocycles. The number of nitrogens with one attached hydrogen (secondary N) is 1. The summed E-state index contributed by atoms with van der Waals surface area (Å²) in [7, 11) is -3.48. The molecule has 0 atom stereocenters. The molecule has 0 aromatic heterocycles. The van der Waals surface area contributed by atoms with E-state index in [-0.39, 0.29) is 17.0 Å². The van der Waals surface area contributed by atoms with E-state index in [1.807, 2.05) is 32.0 Å².